The largest absolute Gasteiger partial charge is 0.332 e. The van der Waals surface area contributed by atoms with E-state index in [0.29, 0.717) is 22.9 Å². The summed E-state index contributed by atoms with van der Waals surface area (Å²) in [5, 5.41) is 20.2. The molecule has 2 aromatic heterocycles. The first kappa shape index (κ1) is 18.5. The molecule has 0 unspecified atom stereocenters. The third kappa shape index (κ3) is 4.35. The molecular formula is C22H20N6O. The molecule has 1 aliphatic rings. The minimum atomic E-state index is -0.335. The number of carbonyl (C=O) groups excluding carboxylic acids is 1. The Morgan fingerprint density at radius 1 is 1.07 bits per heavy atom. The lowest BCUT2D eigenvalue weighted by molar-refractivity contribution is 0.102. The highest BCUT2D eigenvalue weighted by atomic mass is 16.1. The molecule has 0 atom stereocenters. The molecule has 29 heavy (non-hydrogen) atoms. The van der Waals surface area contributed by atoms with Gasteiger partial charge in [0.05, 0.1) is 6.34 Å². The summed E-state index contributed by atoms with van der Waals surface area (Å²) in [4.78, 5) is 21.4. The van der Waals surface area contributed by atoms with Gasteiger partial charge in [0.15, 0.2) is 0 Å². The van der Waals surface area contributed by atoms with Gasteiger partial charge in [-0.25, -0.2) is 0 Å². The van der Waals surface area contributed by atoms with Gasteiger partial charge in [-0.1, -0.05) is 18.2 Å². The molecule has 0 saturated heterocycles. The average Bonchev–Trinajstić information content (AvgIpc) is 3.60. The number of aromatic nitrogens is 2. The molecule has 0 spiro atoms. The zero-order valence-electron chi connectivity index (χ0n) is 15.6. The molecule has 1 amide bonds. The molecule has 1 saturated carbocycles. The highest BCUT2D eigenvalue weighted by molar-refractivity contribution is 6.06. The third-order valence-electron chi connectivity index (χ3n) is 4.73. The van der Waals surface area contributed by atoms with Crippen LogP contribution < -0.4 is 10.6 Å². The summed E-state index contributed by atoms with van der Waals surface area (Å²) in [6.07, 6.45) is 6.82. The Labute approximate surface area is 168 Å². The number of hydrogen-bond acceptors (Lipinski definition) is 5. The van der Waals surface area contributed by atoms with Crippen molar-refractivity contribution in [2.75, 3.05) is 5.32 Å². The Balaban J connectivity index is 1.50. The van der Waals surface area contributed by atoms with Crippen molar-refractivity contribution in [3.8, 4) is 11.1 Å². The molecule has 4 N–H and O–H groups in total. The van der Waals surface area contributed by atoms with Crippen LogP contribution in [0.4, 0.5) is 5.69 Å². The SMILES string of the molecule is N=CNC(=N)c1cccc(NC(=O)c2cc(-c3ccc(C4CC4)nc3)ccn2)c1. The highest BCUT2D eigenvalue weighted by Crippen LogP contribution is 2.39. The van der Waals surface area contributed by atoms with Crippen LogP contribution in [0.2, 0.25) is 0 Å². The molecule has 4 rings (SSSR count). The van der Waals surface area contributed by atoms with E-state index in [2.05, 4.69) is 26.7 Å². The first-order valence-electron chi connectivity index (χ1n) is 9.32. The predicted molar refractivity (Wildman–Crippen MR) is 113 cm³/mol. The Hall–Kier alpha value is -3.87. The summed E-state index contributed by atoms with van der Waals surface area (Å²) >= 11 is 0. The second kappa shape index (κ2) is 8.02. The summed E-state index contributed by atoms with van der Waals surface area (Å²) in [7, 11) is 0. The van der Waals surface area contributed by atoms with Gasteiger partial charge in [0, 0.05) is 40.8 Å². The van der Waals surface area contributed by atoms with Crippen LogP contribution in [0, 0.1) is 10.8 Å². The van der Waals surface area contributed by atoms with E-state index in [4.69, 9.17) is 10.8 Å². The summed E-state index contributed by atoms with van der Waals surface area (Å²) in [5.41, 5.74) is 4.36. The molecule has 7 heteroatoms. The molecule has 1 aromatic carbocycles. The maximum absolute atomic E-state index is 12.7. The van der Waals surface area contributed by atoms with Gasteiger partial charge >= 0.3 is 0 Å². The predicted octanol–water partition coefficient (Wildman–Crippen LogP) is 3.80. The molecule has 1 fully saturated rings. The van der Waals surface area contributed by atoms with E-state index >= 15 is 0 Å². The first-order valence-corrected chi connectivity index (χ1v) is 9.32. The maximum atomic E-state index is 12.7. The number of nitrogens with one attached hydrogen (secondary N) is 4. The Bertz CT molecular complexity index is 1070. The van der Waals surface area contributed by atoms with Crippen molar-refractivity contribution in [3.63, 3.8) is 0 Å². The number of pyridine rings is 2. The van der Waals surface area contributed by atoms with E-state index in [-0.39, 0.29) is 11.7 Å². The van der Waals surface area contributed by atoms with E-state index in [0.717, 1.165) is 23.2 Å². The van der Waals surface area contributed by atoms with Crippen molar-refractivity contribution in [2.45, 2.75) is 18.8 Å². The van der Waals surface area contributed by atoms with Gasteiger partial charge in [0.25, 0.3) is 5.91 Å². The molecule has 1 aliphatic carbocycles. The van der Waals surface area contributed by atoms with Crippen molar-refractivity contribution in [3.05, 3.63) is 77.9 Å². The minimum Gasteiger partial charge on any atom is -0.332 e. The molecule has 3 aromatic rings. The number of amidine groups is 1. The molecule has 2 heterocycles. The van der Waals surface area contributed by atoms with Crippen LogP contribution in [0.25, 0.3) is 11.1 Å². The molecular weight excluding hydrogens is 364 g/mol. The van der Waals surface area contributed by atoms with Crippen LogP contribution in [0.5, 0.6) is 0 Å². The van der Waals surface area contributed by atoms with Gasteiger partial charge < -0.3 is 10.6 Å². The van der Waals surface area contributed by atoms with E-state index in [1.165, 1.54) is 12.8 Å². The first-order chi connectivity index (χ1) is 14.1. The third-order valence-corrected chi connectivity index (χ3v) is 4.73. The fraction of sp³-hybridized carbons (Fsp3) is 0.136. The lowest BCUT2D eigenvalue weighted by Crippen LogP contribution is -2.21. The zero-order valence-corrected chi connectivity index (χ0v) is 15.6. The van der Waals surface area contributed by atoms with Crippen LogP contribution in [-0.2, 0) is 0 Å². The van der Waals surface area contributed by atoms with E-state index in [1.807, 2.05) is 18.3 Å². The Kier molecular flexibility index (Phi) is 5.11. The average molecular weight is 384 g/mol. The highest BCUT2D eigenvalue weighted by Gasteiger charge is 2.24. The summed E-state index contributed by atoms with van der Waals surface area (Å²) in [6, 6.07) is 14.6. The van der Waals surface area contributed by atoms with E-state index in [9.17, 15) is 4.79 Å². The smallest absolute Gasteiger partial charge is 0.274 e. The van der Waals surface area contributed by atoms with E-state index in [1.54, 1.807) is 36.5 Å². The van der Waals surface area contributed by atoms with Gasteiger partial charge in [-0.3, -0.25) is 25.6 Å². The number of rotatable bonds is 6. The zero-order chi connectivity index (χ0) is 20.2. The maximum Gasteiger partial charge on any atom is 0.274 e. The molecule has 0 radical (unpaired) electrons. The summed E-state index contributed by atoms with van der Waals surface area (Å²) in [5.74, 6) is 0.353. The standard InChI is InChI=1S/C22H20N6O/c23-13-27-21(24)16-2-1-3-18(10-16)28-22(29)20-11-15(8-9-25-20)17-6-7-19(26-12-17)14-4-5-14/h1-3,6-14H,4-5H2,(H,28,29)(H3,23,24,27). The van der Waals surface area contributed by atoms with Crippen LogP contribution in [0.3, 0.4) is 0 Å². The second-order valence-corrected chi connectivity index (χ2v) is 6.87. The van der Waals surface area contributed by atoms with Crippen molar-refractivity contribution in [2.24, 2.45) is 0 Å². The van der Waals surface area contributed by atoms with Crippen LogP contribution in [0.1, 0.15) is 40.5 Å². The van der Waals surface area contributed by atoms with E-state index < -0.39 is 0 Å². The van der Waals surface area contributed by atoms with Gasteiger partial charge in [0.2, 0.25) is 0 Å². The van der Waals surface area contributed by atoms with Crippen LogP contribution in [0.15, 0.2) is 60.9 Å². The second-order valence-electron chi connectivity index (χ2n) is 6.87. The lowest BCUT2D eigenvalue weighted by atomic mass is 10.1. The Morgan fingerprint density at radius 2 is 1.93 bits per heavy atom. The number of amides is 1. The molecule has 7 nitrogen and oxygen atoms in total. The normalized spacial score (nSPS) is 12.8. The van der Waals surface area contributed by atoms with Gasteiger partial charge in [-0.15, -0.1) is 0 Å². The fourth-order valence-corrected chi connectivity index (χ4v) is 3.03. The number of carbonyl (C=O) groups is 1. The number of benzene rings is 1. The number of anilines is 1. The van der Waals surface area contributed by atoms with Crippen molar-refractivity contribution < 1.29 is 4.79 Å². The van der Waals surface area contributed by atoms with Crippen molar-refractivity contribution in [1.29, 1.82) is 10.8 Å². The lowest BCUT2D eigenvalue weighted by Gasteiger charge is -2.09. The summed E-state index contributed by atoms with van der Waals surface area (Å²) in [6.45, 7) is 0. The van der Waals surface area contributed by atoms with Gasteiger partial charge in [-0.05, 0) is 48.7 Å². The number of nitrogens with zero attached hydrogens (tertiary/aromatic N) is 2. The molecule has 144 valence electrons. The fourth-order valence-electron chi connectivity index (χ4n) is 3.03. The van der Waals surface area contributed by atoms with Crippen LogP contribution in [-0.4, -0.2) is 28.0 Å². The van der Waals surface area contributed by atoms with Gasteiger partial charge in [-0.2, -0.15) is 0 Å². The van der Waals surface area contributed by atoms with Gasteiger partial charge in [0.1, 0.15) is 11.5 Å². The quantitative estimate of drug-likeness (QED) is 0.382. The van der Waals surface area contributed by atoms with Crippen LogP contribution >= 0.6 is 0 Å². The Morgan fingerprint density at radius 3 is 2.66 bits per heavy atom. The minimum absolute atomic E-state index is 0.0818. The number of hydrogen-bond donors (Lipinski definition) is 4. The van der Waals surface area contributed by atoms with Crippen molar-refractivity contribution >= 4 is 23.8 Å². The van der Waals surface area contributed by atoms with Crippen molar-refractivity contribution in [1.82, 2.24) is 15.3 Å². The molecule has 0 aliphatic heterocycles. The topological polar surface area (TPSA) is 115 Å². The summed E-state index contributed by atoms with van der Waals surface area (Å²) < 4.78 is 0. The monoisotopic (exact) mass is 384 g/mol. The molecule has 0 bridgehead atoms.